The van der Waals surface area contributed by atoms with Gasteiger partial charge in [-0.3, -0.25) is 0 Å². The number of benzene rings is 1. The summed E-state index contributed by atoms with van der Waals surface area (Å²) in [5.41, 5.74) is 0.505. The predicted molar refractivity (Wildman–Crippen MR) is 123 cm³/mol. The Bertz CT molecular complexity index is 524. The van der Waals surface area contributed by atoms with Gasteiger partial charge in [-0.25, -0.2) is 4.79 Å². The first kappa shape index (κ1) is 25.5. The van der Waals surface area contributed by atoms with Crippen LogP contribution in [0.25, 0.3) is 0 Å². The van der Waals surface area contributed by atoms with E-state index in [1.807, 2.05) is 18.2 Å². The molecule has 29 heavy (non-hydrogen) atoms. The molecule has 0 saturated heterocycles. The second-order valence-electron chi connectivity index (χ2n) is 8.61. The second-order valence-corrected chi connectivity index (χ2v) is 8.61. The van der Waals surface area contributed by atoms with Gasteiger partial charge in [0.2, 0.25) is 0 Å². The number of hydrogen-bond acceptors (Lipinski definition) is 3. The van der Waals surface area contributed by atoms with Gasteiger partial charge < -0.3 is 9.47 Å². The Kier molecular flexibility index (Phi) is 15.3. The minimum atomic E-state index is -0.341. The molecule has 0 fully saturated rings. The van der Waals surface area contributed by atoms with Crippen LogP contribution in [0.4, 0.5) is 0 Å². The molecule has 1 aromatic rings. The zero-order chi connectivity index (χ0) is 21.2. The molecular weight excluding hydrogens is 360 g/mol. The fourth-order valence-corrected chi connectivity index (χ4v) is 3.65. The summed E-state index contributed by atoms with van der Waals surface area (Å²) in [6, 6.07) is 7.29. The molecule has 0 saturated carbocycles. The number of rotatable bonds is 18. The summed E-state index contributed by atoms with van der Waals surface area (Å²) in [5, 5.41) is 0. The van der Waals surface area contributed by atoms with Gasteiger partial charge in [0, 0.05) is 0 Å². The van der Waals surface area contributed by atoms with Crippen molar-refractivity contribution < 1.29 is 14.3 Å². The average Bonchev–Trinajstić information content (AvgIpc) is 2.73. The maximum Gasteiger partial charge on any atom is 0.341 e. The molecule has 1 aromatic carbocycles. The number of carbonyl (C=O) groups is 1. The summed E-state index contributed by atoms with van der Waals surface area (Å²) in [6.07, 6.45) is 18.9. The summed E-state index contributed by atoms with van der Waals surface area (Å²) in [5.74, 6) is 1.15. The van der Waals surface area contributed by atoms with Crippen LogP contribution in [0.2, 0.25) is 0 Å². The first-order valence-electron chi connectivity index (χ1n) is 11.9. The largest absolute Gasteiger partial charge is 0.493 e. The van der Waals surface area contributed by atoms with Crippen molar-refractivity contribution in [2.24, 2.45) is 5.92 Å². The molecule has 0 aromatic heterocycles. The Morgan fingerprint density at radius 1 is 0.759 bits per heavy atom. The van der Waals surface area contributed by atoms with Crippen molar-refractivity contribution in [3.63, 3.8) is 0 Å². The van der Waals surface area contributed by atoms with Gasteiger partial charge in [-0.1, -0.05) is 109 Å². The number of unbranched alkanes of at least 4 members (excludes halogenated alkanes) is 12. The minimum Gasteiger partial charge on any atom is -0.493 e. The van der Waals surface area contributed by atoms with Crippen LogP contribution in [0, 0.1) is 5.92 Å². The molecule has 0 N–H and O–H groups in total. The summed E-state index contributed by atoms with van der Waals surface area (Å²) in [4.78, 5) is 11.7. The van der Waals surface area contributed by atoms with Crippen molar-refractivity contribution in [2.75, 3.05) is 13.7 Å². The molecule has 0 aliphatic carbocycles. The molecule has 0 bridgehead atoms. The van der Waals surface area contributed by atoms with Crippen LogP contribution in [0.5, 0.6) is 5.75 Å². The quantitative estimate of drug-likeness (QED) is 0.184. The van der Waals surface area contributed by atoms with Crippen molar-refractivity contribution in [3.8, 4) is 5.75 Å². The van der Waals surface area contributed by atoms with Gasteiger partial charge in [-0.15, -0.1) is 0 Å². The lowest BCUT2D eigenvalue weighted by Gasteiger charge is -2.10. The lowest BCUT2D eigenvalue weighted by atomic mass is 10.0. The molecule has 1 rings (SSSR count). The molecule has 3 heteroatoms. The monoisotopic (exact) mass is 404 g/mol. The molecule has 3 nitrogen and oxygen atoms in total. The lowest BCUT2D eigenvalue weighted by molar-refractivity contribution is 0.0596. The zero-order valence-corrected chi connectivity index (χ0v) is 19.2. The standard InChI is InChI=1S/C26H44O3/c1-23(2)19-15-13-11-9-7-5-4-6-8-10-12-14-18-22-29-25-21-17-16-20-24(25)26(27)28-3/h16-17,20-21,23H,4-15,18-19,22H2,1-3H3. The van der Waals surface area contributed by atoms with Crippen LogP contribution >= 0.6 is 0 Å². The average molecular weight is 405 g/mol. The number of methoxy groups -OCH3 is 1. The van der Waals surface area contributed by atoms with Crippen molar-refractivity contribution in [1.29, 1.82) is 0 Å². The van der Waals surface area contributed by atoms with Gasteiger partial charge in [0.1, 0.15) is 11.3 Å². The van der Waals surface area contributed by atoms with Gasteiger partial charge >= 0.3 is 5.97 Å². The molecule has 0 aliphatic heterocycles. The third-order valence-electron chi connectivity index (χ3n) is 5.48. The van der Waals surface area contributed by atoms with E-state index in [9.17, 15) is 4.79 Å². The van der Waals surface area contributed by atoms with E-state index in [-0.39, 0.29) is 5.97 Å². The summed E-state index contributed by atoms with van der Waals surface area (Å²) >= 11 is 0. The fourth-order valence-electron chi connectivity index (χ4n) is 3.65. The van der Waals surface area contributed by atoms with Gasteiger partial charge in [-0.2, -0.15) is 0 Å². The van der Waals surface area contributed by atoms with Crippen LogP contribution in [0.3, 0.4) is 0 Å². The Hall–Kier alpha value is -1.51. The highest BCUT2D eigenvalue weighted by atomic mass is 16.5. The van der Waals surface area contributed by atoms with Crippen LogP contribution < -0.4 is 4.74 Å². The fraction of sp³-hybridized carbons (Fsp3) is 0.731. The van der Waals surface area contributed by atoms with Crippen molar-refractivity contribution in [1.82, 2.24) is 0 Å². The number of carbonyl (C=O) groups excluding carboxylic acids is 1. The summed E-state index contributed by atoms with van der Waals surface area (Å²) < 4.78 is 10.6. The lowest BCUT2D eigenvalue weighted by Crippen LogP contribution is -2.06. The van der Waals surface area contributed by atoms with Crippen LogP contribution in [-0.4, -0.2) is 19.7 Å². The highest BCUT2D eigenvalue weighted by Crippen LogP contribution is 2.19. The molecule has 0 aliphatic rings. The van der Waals surface area contributed by atoms with Gasteiger partial charge in [0.15, 0.2) is 0 Å². The maximum atomic E-state index is 11.7. The molecular formula is C26H44O3. The van der Waals surface area contributed by atoms with Crippen LogP contribution in [-0.2, 0) is 4.74 Å². The minimum absolute atomic E-state index is 0.341. The van der Waals surface area contributed by atoms with E-state index < -0.39 is 0 Å². The highest BCUT2D eigenvalue weighted by molar-refractivity contribution is 5.92. The van der Waals surface area contributed by atoms with E-state index in [4.69, 9.17) is 9.47 Å². The van der Waals surface area contributed by atoms with E-state index in [2.05, 4.69) is 13.8 Å². The summed E-state index contributed by atoms with van der Waals surface area (Å²) in [7, 11) is 1.40. The normalized spacial score (nSPS) is 11.0. The maximum absolute atomic E-state index is 11.7. The van der Waals surface area contributed by atoms with Crippen molar-refractivity contribution in [2.45, 2.75) is 104 Å². The summed E-state index contributed by atoms with van der Waals surface area (Å²) in [6.45, 7) is 5.30. The molecule has 0 heterocycles. The van der Waals surface area contributed by atoms with Crippen LogP contribution in [0.15, 0.2) is 24.3 Å². The number of para-hydroxylation sites is 1. The zero-order valence-electron chi connectivity index (χ0n) is 19.2. The topological polar surface area (TPSA) is 35.5 Å². The third kappa shape index (κ3) is 13.4. The Morgan fingerprint density at radius 3 is 1.76 bits per heavy atom. The van der Waals surface area contributed by atoms with Crippen molar-refractivity contribution in [3.05, 3.63) is 29.8 Å². The van der Waals surface area contributed by atoms with E-state index in [0.717, 1.165) is 12.3 Å². The molecule has 0 radical (unpaired) electrons. The van der Waals surface area contributed by atoms with Gasteiger partial charge in [0.05, 0.1) is 13.7 Å². The highest BCUT2D eigenvalue weighted by Gasteiger charge is 2.11. The first-order valence-corrected chi connectivity index (χ1v) is 11.9. The number of ether oxygens (including phenoxy) is 2. The van der Waals surface area contributed by atoms with Gasteiger partial charge in [0.25, 0.3) is 0 Å². The molecule has 0 atom stereocenters. The molecule has 0 amide bonds. The third-order valence-corrected chi connectivity index (χ3v) is 5.48. The second kappa shape index (κ2) is 17.4. The molecule has 166 valence electrons. The number of esters is 1. The smallest absolute Gasteiger partial charge is 0.341 e. The molecule has 0 spiro atoms. The van der Waals surface area contributed by atoms with E-state index in [1.165, 1.54) is 90.6 Å². The predicted octanol–water partition coefficient (Wildman–Crippen LogP) is 7.97. The van der Waals surface area contributed by atoms with E-state index >= 15 is 0 Å². The molecule has 0 unspecified atom stereocenters. The van der Waals surface area contributed by atoms with E-state index in [0.29, 0.717) is 17.9 Å². The SMILES string of the molecule is COC(=O)c1ccccc1OCCCCCCCCCCCCCCCC(C)C. The Morgan fingerprint density at radius 2 is 1.24 bits per heavy atom. The number of hydrogen-bond donors (Lipinski definition) is 0. The van der Waals surface area contributed by atoms with E-state index in [1.54, 1.807) is 6.07 Å². The first-order chi connectivity index (χ1) is 14.1. The Balaban J connectivity index is 1.88. The van der Waals surface area contributed by atoms with Gasteiger partial charge in [-0.05, 0) is 24.5 Å². The van der Waals surface area contributed by atoms with Crippen molar-refractivity contribution >= 4 is 5.97 Å². The van der Waals surface area contributed by atoms with Crippen LogP contribution in [0.1, 0.15) is 114 Å². The Labute approximate surface area is 179 Å².